The molecule has 1 aromatic heterocycles. The van der Waals surface area contributed by atoms with Crippen LogP contribution in [0.5, 0.6) is 5.75 Å². The van der Waals surface area contributed by atoms with Crippen LogP contribution < -0.4 is 4.74 Å². The lowest BCUT2D eigenvalue weighted by Crippen LogP contribution is -2.51. The van der Waals surface area contributed by atoms with Crippen molar-refractivity contribution in [3.8, 4) is 16.9 Å². The van der Waals surface area contributed by atoms with E-state index >= 15 is 0 Å². The third-order valence-electron chi connectivity index (χ3n) is 7.53. The predicted octanol–water partition coefficient (Wildman–Crippen LogP) is 6.05. The highest BCUT2D eigenvalue weighted by Crippen LogP contribution is 2.45. The molecule has 3 aliphatic rings. The van der Waals surface area contributed by atoms with Crippen LogP contribution >= 0.6 is 0 Å². The van der Waals surface area contributed by atoms with Crippen LogP contribution in [0.4, 0.5) is 4.79 Å². The van der Waals surface area contributed by atoms with Crippen molar-refractivity contribution in [2.45, 2.75) is 43.7 Å². The molecule has 1 saturated heterocycles. The van der Waals surface area contributed by atoms with Crippen LogP contribution in [0.15, 0.2) is 73.1 Å². The van der Waals surface area contributed by atoms with Gasteiger partial charge in [-0.25, -0.2) is 4.79 Å². The second kappa shape index (κ2) is 8.64. The number of rotatable bonds is 4. The average molecular weight is 453 g/mol. The number of carbonyl (C=O) groups excluding carboxylic acids is 1. The van der Waals surface area contributed by atoms with E-state index in [1.54, 1.807) is 13.3 Å². The van der Waals surface area contributed by atoms with Crippen molar-refractivity contribution in [3.63, 3.8) is 0 Å². The first-order valence-corrected chi connectivity index (χ1v) is 12.1. The summed E-state index contributed by atoms with van der Waals surface area (Å²) in [6, 6.07) is 19.0. The Kier molecular flexibility index (Phi) is 5.33. The molecule has 5 nitrogen and oxygen atoms in total. The Hall–Kier alpha value is -3.60. The molecule has 2 bridgehead atoms. The van der Waals surface area contributed by atoms with Gasteiger partial charge in [-0.15, -0.1) is 0 Å². The van der Waals surface area contributed by atoms with Gasteiger partial charge in [0.2, 0.25) is 0 Å². The Bertz CT molecular complexity index is 1220. The summed E-state index contributed by atoms with van der Waals surface area (Å²) in [5, 5.41) is 0. The maximum absolute atomic E-state index is 13.4. The summed E-state index contributed by atoms with van der Waals surface area (Å²) in [6.07, 6.45) is 9.48. The van der Waals surface area contributed by atoms with Crippen molar-refractivity contribution < 1.29 is 14.3 Å². The zero-order chi connectivity index (χ0) is 23.1. The molecule has 0 saturated carbocycles. The van der Waals surface area contributed by atoms with Gasteiger partial charge >= 0.3 is 6.09 Å². The number of ether oxygens (including phenoxy) is 2. The van der Waals surface area contributed by atoms with E-state index in [-0.39, 0.29) is 24.1 Å². The number of aromatic nitrogens is 1. The molecule has 1 aliphatic carbocycles. The van der Waals surface area contributed by atoms with Crippen molar-refractivity contribution in [2.75, 3.05) is 13.7 Å². The smallest absolute Gasteiger partial charge is 0.410 e. The summed E-state index contributed by atoms with van der Waals surface area (Å²) in [6.45, 7) is 0.357. The van der Waals surface area contributed by atoms with Crippen LogP contribution in [0.3, 0.4) is 0 Å². The maximum atomic E-state index is 13.4. The molecule has 2 atom stereocenters. The molecule has 0 N–H and O–H groups in total. The molecule has 5 heteroatoms. The van der Waals surface area contributed by atoms with Crippen LogP contribution in [-0.2, 0) is 4.74 Å². The lowest BCUT2D eigenvalue weighted by atomic mass is 9.83. The third-order valence-corrected chi connectivity index (χ3v) is 7.53. The summed E-state index contributed by atoms with van der Waals surface area (Å²) < 4.78 is 11.6. The number of hydrogen-bond donors (Lipinski definition) is 0. The first kappa shape index (κ1) is 21.0. The van der Waals surface area contributed by atoms with E-state index in [2.05, 4.69) is 59.6 Å². The highest BCUT2D eigenvalue weighted by Gasteiger charge is 2.39. The van der Waals surface area contributed by atoms with Crippen molar-refractivity contribution in [3.05, 3.63) is 89.8 Å². The third kappa shape index (κ3) is 3.47. The summed E-state index contributed by atoms with van der Waals surface area (Å²) >= 11 is 0. The minimum atomic E-state index is -0.204. The van der Waals surface area contributed by atoms with E-state index < -0.39 is 0 Å². The van der Waals surface area contributed by atoms with Crippen LogP contribution in [0.25, 0.3) is 16.7 Å². The number of nitrogens with zero attached hydrogens (tertiary/aromatic N) is 2. The number of pyridine rings is 1. The molecule has 3 aromatic rings. The number of carbonyl (C=O) groups is 1. The second-order valence-corrected chi connectivity index (χ2v) is 9.34. The van der Waals surface area contributed by atoms with Gasteiger partial charge < -0.3 is 9.47 Å². The van der Waals surface area contributed by atoms with Gasteiger partial charge in [-0.3, -0.25) is 9.88 Å². The molecule has 3 heterocycles. The van der Waals surface area contributed by atoms with E-state index in [9.17, 15) is 4.79 Å². The molecule has 172 valence electrons. The van der Waals surface area contributed by atoms with Crippen molar-refractivity contribution in [1.29, 1.82) is 0 Å². The van der Waals surface area contributed by atoms with Gasteiger partial charge in [-0.2, -0.15) is 0 Å². The highest BCUT2D eigenvalue weighted by molar-refractivity contribution is 5.79. The van der Waals surface area contributed by atoms with Crippen LogP contribution in [0.2, 0.25) is 0 Å². The fraction of sp³-hybridized carbons (Fsp3) is 0.310. The highest BCUT2D eigenvalue weighted by atomic mass is 16.6. The summed E-state index contributed by atoms with van der Waals surface area (Å²) in [5.74, 6) is 0.903. The van der Waals surface area contributed by atoms with Crippen molar-refractivity contribution in [2.24, 2.45) is 0 Å². The first-order valence-electron chi connectivity index (χ1n) is 12.1. The monoisotopic (exact) mass is 452 g/mol. The number of hydrogen-bond acceptors (Lipinski definition) is 4. The second-order valence-electron chi connectivity index (χ2n) is 9.34. The van der Waals surface area contributed by atoms with Crippen LogP contribution in [0.1, 0.15) is 48.3 Å². The Morgan fingerprint density at radius 3 is 2.44 bits per heavy atom. The molecular weight excluding hydrogens is 424 g/mol. The molecule has 2 aromatic carbocycles. The molecule has 34 heavy (non-hydrogen) atoms. The number of benzene rings is 2. The van der Waals surface area contributed by atoms with E-state index in [1.165, 1.54) is 27.8 Å². The first-order chi connectivity index (χ1) is 16.7. The minimum Gasteiger partial charge on any atom is -0.496 e. The number of methoxy groups -OCH3 is 1. The molecular formula is C29H28N2O3. The van der Waals surface area contributed by atoms with Gasteiger partial charge in [0, 0.05) is 29.9 Å². The van der Waals surface area contributed by atoms with Gasteiger partial charge in [0.1, 0.15) is 12.4 Å². The van der Waals surface area contributed by atoms with E-state index in [0.717, 1.165) is 37.0 Å². The quantitative estimate of drug-likeness (QED) is 0.484. The zero-order valence-electron chi connectivity index (χ0n) is 19.3. The van der Waals surface area contributed by atoms with Gasteiger partial charge in [-0.05, 0) is 59.6 Å². The Morgan fingerprint density at radius 1 is 1.00 bits per heavy atom. The van der Waals surface area contributed by atoms with Crippen LogP contribution in [-0.4, -0.2) is 41.8 Å². The number of fused-ring (bicyclic) bond motifs is 5. The fourth-order valence-electron chi connectivity index (χ4n) is 5.98. The molecule has 0 spiro atoms. The molecule has 6 rings (SSSR count). The Morgan fingerprint density at radius 2 is 1.74 bits per heavy atom. The predicted molar refractivity (Wildman–Crippen MR) is 132 cm³/mol. The number of amides is 1. The molecule has 2 aliphatic heterocycles. The number of piperidine rings is 1. The minimum absolute atomic E-state index is 0.0445. The van der Waals surface area contributed by atoms with Gasteiger partial charge in [0.05, 0.1) is 13.2 Å². The van der Waals surface area contributed by atoms with E-state index in [0.29, 0.717) is 6.61 Å². The largest absolute Gasteiger partial charge is 0.496 e. The summed E-state index contributed by atoms with van der Waals surface area (Å²) in [7, 11) is 1.69. The maximum Gasteiger partial charge on any atom is 0.410 e. The fourth-order valence-corrected chi connectivity index (χ4v) is 5.98. The molecule has 1 amide bonds. The average Bonchev–Trinajstić information content (AvgIpc) is 3.20. The zero-order valence-corrected chi connectivity index (χ0v) is 19.3. The molecule has 2 unspecified atom stereocenters. The Balaban J connectivity index is 1.23. The SMILES string of the molecule is COc1ccncc1C1=CC2CCCC(C1)N2C(=O)OCC1c2ccccc2-c2ccccc21. The topological polar surface area (TPSA) is 51.7 Å². The van der Waals surface area contributed by atoms with Gasteiger partial charge in [-0.1, -0.05) is 54.6 Å². The Labute approximate surface area is 200 Å². The van der Waals surface area contributed by atoms with Crippen molar-refractivity contribution >= 4 is 11.7 Å². The van der Waals surface area contributed by atoms with Crippen LogP contribution in [0, 0.1) is 0 Å². The van der Waals surface area contributed by atoms with Gasteiger partial charge in [0.15, 0.2) is 0 Å². The standard InChI is InChI=1S/C29H28N2O3/c1-33-28-13-14-30-17-26(28)19-15-20-7-6-8-21(16-19)31(20)29(32)34-18-27-24-11-4-2-9-22(24)23-10-3-5-12-25(23)27/h2-5,9-15,17,20-21,27H,6-8,16,18H2,1H3. The van der Waals surface area contributed by atoms with Crippen molar-refractivity contribution in [1.82, 2.24) is 9.88 Å². The molecule has 0 radical (unpaired) electrons. The van der Waals surface area contributed by atoms with Gasteiger partial charge in [0.25, 0.3) is 0 Å². The van der Waals surface area contributed by atoms with E-state index in [1.807, 2.05) is 17.2 Å². The summed E-state index contributed by atoms with van der Waals surface area (Å²) in [5.41, 5.74) is 7.19. The summed E-state index contributed by atoms with van der Waals surface area (Å²) in [4.78, 5) is 19.7. The lowest BCUT2D eigenvalue weighted by Gasteiger charge is -2.44. The lowest BCUT2D eigenvalue weighted by molar-refractivity contribution is 0.0539. The molecule has 1 fully saturated rings. The van der Waals surface area contributed by atoms with E-state index in [4.69, 9.17) is 9.47 Å². The normalized spacial score (nSPS) is 20.9.